The molecule has 4 rings (SSSR count). The highest BCUT2D eigenvalue weighted by Crippen LogP contribution is 2.29. The molecule has 4 aromatic rings. The molecule has 0 amide bonds. The molecule has 2 heterocycles. The molecule has 0 saturated heterocycles. The van der Waals surface area contributed by atoms with Crippen LogP contribution in [0.2, 0.25) is 0 Å². The quantitative estimate of drug-likeness (QED) is 0.622. The first-order valence-corrected chi connectivity index (χ1v) is 8.15. The monoisotopic (exact) mass is 317 g/mol. The first-order valence-electron chi connectivity index (χ1n) is 8.15. The summed E-state index contributed by atoms with van der Waals surface area (Å²) in [7, 11) is 2.06. The highest BCUT2D eigenvalue weighted by Gasteiger charge is 2.16. The van der Waals surface area contributed by atoms with Gasteiger partial charge in [0.1, 0.15) is 0 Å². The van der Waals surface area contributed by atoms with Crippen LogP contribution in [0.5, 0.6) is 0 Å². The minimum Gasteiger partial charge on any atom is -0.342 e. The van der Waals surface area contributed by atoms with Crippen LogP contribution in [0, 0.1) is 0 Å². The molecule has 0 saturated carbocycles. The Bertz CT molecular complexity index is 1090. The van der Waals surface area contributed by atoms with E-state index in [1.165, 1.54) is 0 Å². The lowest BCUT2D eigenvalue weighted by atomic mass is 10.1. The summed E-state index contributed by atoms with van der Waals surface area (Å²) >= 11 is 0. The number of hydrogen-bond donors (Lipinski definition) is 1. The first kappa shape index (κ1) is 14.6. The minimum atomic E-state index is -0.0421. The smallest absolute Gasteiger partial charge is 0.270 e. The van der Waals surface area contributed by atoms with Crippen molar-refractivity contribution in [2.75, 3.05) is 5.43 Å². The lowest BCUT2D eigenvalue weighted by molar-refractivity contribution is 0.814. The molecule has 0 aliphatic carbocycles. The van der Waals surface area contributed by atoms with E-state index in [-0.39, 0.29) is 5.56 Å². The van der Waals surface area contributed by atoms with E-state index in [2.05, 4.69) is 36.1 Å². The fraction of sp³-hybridized carbons (Fsp3) is 0.150. The molecule has 4 nitrogen and oxygen atoms in total. The summed E-state index contributed by atoms with van der Waals surface area (Å²) in [6, 6.07) is 19.7. The second-order valence-corrected chi connectivity index (χ2v) is 5.93. The van der Waals surface area contributed by atoms with Crippen LogP contribution in [-0.4, -0.2) is 9.24 Å². The third-order valence-corrected chi connectivity index (χ3v) is 4.53. The van der Waals surface area contributed by atoms with E-state index in [1.807, 2.05) is 42.5 Å². The Morgan fingerprint density at radius 1 is 0.958 bits per heavy atom. The van der Waals surface area contributed by atoms with Crippen LogP contribution in [0.3, 0.4) is 0 Å². The zero-order valence-corrected chi connectivity index (χ0v) is 13.8. The molecule has 0 atom stereocenters. The minimum absolute atomic E-state index is 0.0421. The largest absolute Gasteiger partial charge is 0.342 e. The molecule has 2 aromatic heterocycles. The molecule has 0 unspecified atom stereocenters. The fourth-order valence-electron chi connectivity index (χ4n) is 3.43. The van der Waals surface area contributed by atoms with Gasteiger partial charge in [0.25, 0.3) is 5.56 Å². The van der Waals surface area contributed by atoms with E-state index >= 15 is 0 Å². The van der Waals surface area contributed by atoms with Gasteiger partial charge in [0, 0.05) is 29.4 Å². The van der Waals surface area contributed by atoms with Gasteiger partial charge in [-0.2, -0.15) is 0 Å². The maximum Gasteiger partial charge on any atom is 0.270 e. The molecule has 24 heavy (non-hydrogen) atoms. The molecule has 1 N–H and O–H groups in total. The van der Waals surface area contributed by atoms with Crippen molar-refractivity contribution >= 4 is 27.5 Å². The average Bonchev–Trinajstić information content (AvgIpc) is 2.89. The predicted octanol–water partition coefficient (Wildman–Crippen LogP) is 3.93. The Kier molecular flexibility index (Phi) is 3.38. The van der Waals surface area contributed by atoms with Crippen molar-refractivity contribution in [1.29, 1.82) is 0 Å². The second kappa shape index (κ2) is 5.57. The summed E-state index contributed by atoms with van der Waals surface area (Å²) in [5.41, 5.74) is 7.32. The number of aryl methyl sites for hydroxylation is 2. The molecular formula is C20H19N3O. The van der Waals surface area contributed by atoms with E-state index < -0.39 is 0 Å². The average molecular weight is 317 g/mol. The van der Waals surface area contributed by atoms with E-state index in [1.54, 1.807) is 10.7 Å². The van der Waals surface area contributed by atoms with Gasteiger partial charge >= 0.3 is 0 Å². The van der Waals surface area contributed by atoms with Crippen molar-refractivity contribution in [3.05, 3.63) is 76.7 Å². The summed E-state index contributed by atoms with van der Waals surface area (Å²) in [5, 5.41) is 2.13. The van der Waals surface area contributed by atoms with Gasteiger partial charge in [-0.15, -0.1) is 0 Å². The highest BCUT2D eigenvalue weighted by molar-refractivity contribution is 6.08. The summed E-state index contributed by atoms with van der Waals surface area (Å²) in [6.07, 6.45) is 0.760. The summed E-state index contributed by atoms with van der Waals surface area (Å²) < 4.78 is 3.84. The van der Waals surface area contributed by atoms with Gasteiger partial charge in [-0.3, -0.25) is 10.2 Å². The van der Waals surface area contributed by atoms with Gasteiger partial charge in [-0.05, 0) is 24.6 Å². The number of fused-ring (bicyclic) bond motifs is 3. The van der Waals surface area contributed by atoms with Crippen molar-refractivity contribution < 1.29 is 0 Å². The molecule has 0 radical (unpaired) electrons. The molecule has 0 aliphatic heterocycles. The summed E-state index contributed by atoms with van der Waals surface area (Å²) in [6.45, 7) is 2.08. The maximum atomic E-state index is 12.8. The van der Waals surface area contributed by atoms with E-state index in [9.17, 15) is 4.79 Å². The molecule has 0 spiro atoms. The molecule has 0 aliphatic rings. The third-order valence-electron chi connectivity index (χ3n) is 4.53. The fourth-order valence-corrected chi connectivity index (χ4v) is 3.43. The van der Waals surface area contributed by atoms with Crippen LogP contribution in [0.15, 0.2) is 65.5 Å². The SMILES string of the molecule is CCc1c2c(cc(=O)n1Nc1ccccc1)c1ccccc1n2C. The number of anilines is 1. The molecule has 2 aromatic carbocycles. The zero-order valence-electron chi connectivity index (χ0n) is 13.8. The van der Waals surface area contributed by atoms with Crippen molar-refractivity contribution in [2.24, 2.45) is 7.05 Å². The van der Waals surface area contributed by atoms with E-state index in [0.717, 1.165) is 39.6 Å². The number of para-hydroxylation sites is 2. The van der Waals surface area contributed by atoms with Crippen LogP contribution in [0.1, 0.15) is 12.6 Å². The Balaban J connectivity index is 2.05. The molecule has 4 heteroatoms. The van der Waals surface area contributed by atoms with Crippen molar-refractivity contribution in [2.45, 2.75) is 13.3 Å². The molecule has 120 valence electrons. The first-order chi connectivity index (χ1) is 11.7. The maximum absolute atomic E-state index is 12.8. The van der Waals surface area contributed by atoms with Crippen LogP contribution < -0.4 is 11.0 Å². The molecule has 0 fully saturated rings. The van der Waals surface area contributed by atoms with Crippen LogP contribution in [0.25, 0.3) is 21.8 Å². The van der Waals surface area contributed by atoms with Crippen LogP contribution >= 0.6 is 0 Å². The number of pyridine rings is 1. The summed E-state index contributed by atoms with van der Waals surface area (Å²) in [5.74, 6) is 0. The van der Waals surface area contributed by atoms with Crippen molar-refractivity contribution in [3.63, 3.8) is 0 Å². The standard InChI is InChI=1S/C20H19N3O/c1-3-17-20-16(15-11-7-8-12-18(15)22(20)2)13-19(24)23(17)21-14-9-5-4-6-10-14/h4-13,21H,3H2,1-2H3. The summed E-state index contributed by atoms with van der Waals surface area (Å²) in [4.78, 5) is 12.8. The third kappa shape index (κ3) is 2.11. The van der Waals surface area contributed by atoms with Gasteiger partial charge < -0.3 is 4.57 Å². The second-order valence-electron chi connectivity index (χ2n) is 5.93. The number of nitrogens with zero attached hydrogens (tertiary/aromatic N) is 2. The molecule has 0 bridgehead atoms. The van der Waals surface area contributed by atoms with E-state index in [0.29, 0.717) is 0 Å². The number of hydrogen-bond acceptors (Lipinski definition) is 2. The predicted molar refractivity (Wildman–Crippen MR) is 99.5 cm³/mol. The highest BCUT2D eigenvalue weighted by atomic mass is 16.1. The van der Waals surface area contributed by atoms with Crippen LogP contribution in [0.4, 0.5) is 5.69 Å². The Morgan fingerprint density at radius 3 is 2.42 bits per heavy atom. The number of rotatable bonds is 3. The number of nitrogens with one attached hydrogen (secondary N) is 1. The van der Waals surface area contributed by atoms with Gasteiger partial charge in [-0.1, -0.05) is 43.3 Å². The van der Waals surface area contributed by atoms with Crippen molar-refractivity contribution in [1.82, 2.24) is 9.24 Å². The van der Waals surface area contributed by atoms with Gasteiger partial charge in [-0.25, -0.2) is 4.68 Å². The lowest BCUT2D eigenvalue weighted by Gasteiger charge is -2.16. The van der Waals surface area contributed by atoms with Crippen molar-refractivity contribution in [3.8, 4) is 0 Å². The number of aromatic nitrogens is 2. The van der Waals surface area contributed by atoms with Gasteiger partial charge in [0.15, 0.2) is 0 Å². The lowest BCUT2D eigenvalue weighted by Crippen LogP contribution is -2.29. The zero-order chi connectivity index (χ0) is 16.7. The van der Waals surface area contributed by atoms with Gasteiger partial charge in [0.2, 0.25) is 0 Å². The Hall–Kier alpha value is -3.01. The van der Waals surface area contributed by atoms with Gasteiger partial charge in [0.05, 0.1) is 16.9 Å². The van der Waals surface area contributed by atoms with Crippen LogP contribution in [-0.2, 0) is 13.5 Å². The van der Waals surface area contributed by atoms with E-state index in [4.69, 9.17) is 0 Å². The Morgan fingerprint density at radius 2 is 1.67 bits per heavy atom. The Labute approximate surface area is 139 Å². The molecular weight excluding hydrogens is 298 g/mol. The topological polar surface area (TPSA) is 39.0 Å². The number of benzene rings is 2. The normalized spacial score (nSPS) is 11.2.